The quantitative estimate of drug-likeness (QED) is 0.509. The van der Waals surface area contributed by atoms with E-state index in [-0.39, 0.29) is 17.9 Å². The number of carboxylic acids is 1. The molecule has 8 heteroatoms. The molecule has 2 N–H and O–H groups in total. The molecule has 2 aromatic heterocycles. The van der Waals surface area contributed by atoms with E-state index in [9.17, 15) is 19.5 Å². The molecule has 0 saturated heterocycles. The minimum Gasteiger partial charge on any atom is -0.494 e. The topological polar surface area (TPSA) is 106 Å². The van der Waals surface area contributed by atoms with Crippen LogP contribution in [0, 0.1) is 6.92 Å². The zero-order chi connectivity index (χ0) is 22.5. The number of aromatic nitrogens is 1. The van der Waals surface area contributed by atoms with Gasteiger partial charge in [-0.1, -0.05) is 29.8 Å². The second-order valence-electron chi connectivity index (χ2n) is 7.00. The fourth-order valence-corrected chi connectivity index (χ4v) is 3.92. The van der Waals surface area contributed by atoms with Crippen LogP contribution in [0.1, 0.15) is 50.7 Å². The van der Waals surface area contributed by atoms with Crippen LogP contribution in [-0.4, -0.2) is 34.9 Å². The van der Waals surface area contributed by atoms with E-state index in [2.05, 4.69) is 10.3 Å². The number of methoxy groups -OCH3 is 1. The van der Waals surface area contributed by atoms with Crippen LogP contribution in [0.3, 0.4) is 0 Å². The molecule has 1 amide bonds. The number of ketones is 1. The number of Topliss-reactive ketones (excluding diaryl/α,β-unsaturated/α-hetero) is 1. The standard InChI is InChI=1S/C23H22N2O5S/c1-13-4-6-15(7-5-13)17(12-21(27)28)25-23(29)16-8-9-18(30-3)22(24-16)20-11-10-19(31-20)14(2)26/h4-11,17H,12H2,1-3H3,(H,25,29)(H,27,28)/t17-/m0/s1. The zero-order valence-electron chi connectivity index (χ0n) is 17.3. The van der Waals surface area contributed by atoms with Crippen molar-refractivity contribution in [1.29, 1.82) is 0 Å². The first-order chi connectivity index (χ1) is 14.8. The van der Waals surface area contributed by atoms with E-state index < -0.39 is 17.9 Å². The summed E-state index contributed by atoms with van der Waals surface area (Å²) < 4.78 is 5.37. The van der Waals surface area contributed by atoms with Crippen LogP contribution in [-0.2, 0) is 4.79 Å². The molecule has 0 bridgehead atoms. The van der Waals surface area contributed by atoms with Crippen LogP contribution in [0.2, 0.25) is 0 Å². The molecule has 0 aliphatic carbocycles. The highest BCUT2D eigenvalue weighted by Crippen LogP contribution is 2.34. The molecule has 0 radical (unpaired) electrons. The third kappa shape index (κ3) is 5.35. The second kappa shape index (κ2) is 9.53. The Morgan fingerprint density at radius 2 is 1.81 bits per heavy atom. The Hall–Kier alpha value is -3.52. The largest absolute Gasteiger partial charge is 0.494 e. The number of ether oxygens (including phenoxy) is 1. The molecular formula is C23H22N2O5S. The number of hydrogen-bond donors (Lipinski definition) is 2. The number of rotatable bonds is 8. The van der Waals surface area contributed by atoms with Gasteiger partial charge in [0.05, 0.1) is 29.3 Å². The Balaban J connectivity index is 1.91. The average Bonchev–Trinajstić information content (AvgIpc) is 3.23. The van der Waals surface area contributed by atoms with Crippen LogP contribution in [0.4, 0.5) is 0 Å². The van der Waals surface area contributed by atoms with E-state index in [0.717, 1.165) is 5.56 Å². The minimum absolute atomic E-state index is 0.0567. The summed E-state index contributed by atoms with van der Waals surface area (Å²) in [5.41, 5.74) is 2.29. The summed E-state index contributed by atoms with van der Waals surface area (Å²) in [6.07, 6.45) is -0.259. The first-order valence-electron chi connectivity index (χ1n) is 9.54. The van der Waals surface area contributed by atoms with Crippen LogP contribution >= 0.6 is 11.3 Å². The molecule has 31 heavy (non-hydrogen) atoms. The number of aliphatic carboxylic acids is 1. The number of benzene rings is 1. The summed E-state index contributed by atoms with van der Waals surface area (Å²) >= 11 is 1.26. The van der Waals surface area contributed by atoms with Gasteiger partial charge in [0, 0.05) is 0 Å². The lowest BCUT2D eigenvalue weighted by Gasteiger charge is -2.18. The van der Waals surface area contributed by atoms with E-state index in [1.807, 2.05) is 19.1 Å². The fourth-order valence-electron chi connectivity index (χ4n) is 3.03. The Morgan fingerprint density at radius 3 is 2.39 bits per heavy atom. The lowest BCUT2D eigenvalue weighted by molar-refractivity contribution is -0.137. The number of carbonyl (C=O) groups excluding carboxylic acids is 2. The summed E-state index contributed by atoms with van der Waals surface area (Å²) in [5.74, 6) is -1.11. The normalized spacial score (nSPS) is 11.6. The maximum Gasteiger partial charge on any atom is 0.305 e. The van der Waals surface area contributed by atoms with E-state index in [4.69, 9.17) is 4.74 Å². The lowest BCUT2D eigenvalue weighted by Crippen LogP contribution is -2.30. The highest BCUT2D eigenvalue weighted by Gasteiger charge is 2.21. The van der Waals surface area contributed by atoms with E-state index in [1.165, 1.54) is 31.4 Å². The molecule has 7 nitrogen and oxygen atoms in total. The summed E-state index contributed by atoms with van der Waals surface area (Å²) in [6.45, 7) is 3.41. The molecule has 160 valence electrons. The van der Waals surface area contributed by atoms with Crippen molar-refractivity contribution in [3.05, 3.63) is 70.2 Å². The van der Waals surface area contributed by atoms with Crippen LogP contribution < -0.4 is 10.1 Å². The summed E-state index contributed by atoms with van der Waals surface area (Å²) in [6, 6.07) is 13.2. The van der Waals surface area contributed by atoms with Crippen molar-refractivity contribution < 1.29 is 24.2 Å². The predicted molar refractivity (Wildman–Crippen MR) is 118 cm³/mol. The van der Waals surface area contributed by atoms with Gasteiger partial charge in [0.1, 0.15) is 17.1 Å². The van der Waals surface area contributed by atoms with Crippen molar-refractivity contribution in [2.75, 3.05) is 7.11 Å². The molecule has 2 heterocycles. The maximum absolute atomic E-state index is 12.9. The van der Waals surface area contributed by atoms with Gasteiger partial charge in [-0.05, 0) is 43.7 Å². The highest BCUT2D eigenvalue weighted by molar-refractivity contribution is 7.17. The Kier molecular flexibility index (Phi) is 6.81. The lowest BCUT2D eigenvalue weighted by atomic mass is 10.0. The van der Waals surface area contributed by atoms with Crippen LogP contribution in [0.15, 0.2) is 48.5 Å². The first-order valence-corrected chi connectivity index (χ1v) is 10.4. The molecule has 0 aliphatic rings. The number of aryl methyl sites for hydroxylation is 1. The van der Waals surface area contributed by atoms with E-state index in [1.54, 1.807) is 30.3 Å². The van der Waals surface area contributed by atoms with Gasteiger partial charge >= 0.3 is 5.97 Å². The van der Waals surface area contributed by atoms with Crippen LogP contribution in [0.5, 0.6) is 5.75 Å². The van der Waals surface area contributed by atoms with Crippen molar-refractivity contribution in [2.24, 2.45) is 0 Å². The molecule has 1 aromatic carbocycles. The van der Waals surface area contributed by atoms with Gasteiger partial charge in [0.15, 0.2) is 5.78 Å². The Bertz CT molecular complexity index is 1120. The smallest absolute Gasteiger partial charge is 0.305 e. The van der Waals surface area contributed by atoms with Crippen molar-refractivity contribution in [1.82, 2.24) is 10.3 Å². The van der Waals surface area contributed by atoms with Gasteiger partial charge in [-0.15, -0.1) is 11.3 Å². The molecule has 0 fully saturated rings. The monoisotopic (exact) mass is 438 g/mol. The van der Waals surface area contributed by atoms with Crippen molar-refractivity contribution in [2.45, 2.75) is 26.3 Å². The number of pyridine rings is 1. The zero-order valence-corrected chi connectivity index (χ0v) is 18.2. The predicted octanol–water partition coefficient (Wildman–Crippen LogP) is 4.28. The van der Waals surface area contributed by atoms with Crippen LogP contribution in [0.25, 0.3) is 10.6 Å². The third-order valence-electron chi connectivity index (χ3n) is 4.66. The summed E-state index contributed by atoms with van der Waals surface area (Å²) in [4.78, 5) is 41.6. The van der Waals surface area contributed by atoms with E-state index >= 15 is 0 Å². The molecule has 0 spiro atoms. The molecular weight excluding hydrogens is 416 g/mol. The summed E-state index contributed by atoms with van der Waals surface area (Å²) in [7, 11) is 1.50. The first kappa shape index (κ1) is 22.2. The number of amides is 1. The van der Waals surface area contributed by atoms with Gasteiger partial charge in [0.2, 0.25) is 0 Å². The van der Waals surface area contributed by atoms with Crippen molar-refractivity contribution in [3.8, 4) is 16.3 Å². The summed E-state index contributed by atoms with van der Waals surface area (Å²) in [5, 5.41) is 12.0. The van der Waals surface area contributed by atoms with Crippen molar-refractivity contribution >= 4 is 29.0 Å². The van der Waals surface area contributed by atoms with E-state index in [0.29, 0.717) is 26.8 Å². The number of thiophene rings is 1. The highest BCUT2D eigenvalue weighted by atomic mass is 32.1. The number of carbonyl (C=O) groups is 3. The van der Waals surface area contributed by atoms with Gasteiger partial charge < -0.3 is 15.2 Å². The molecule has 0 aliphatic heterocycles. The maximum atomic E-state index is 12.9. The number of hydrogen-bond acceptors (Lipinski definition) is 6. The number of nitrogens with one attached hydrogen (secondary N) is 1. The number of carboxylic acid groups (broad SMARTS) is 1. The Morgan fingerprint density at radius 1 is 1.10 bits per heavy atom. The van der Waals surface area contributed by atoms with Gasteiger partial charge in [-0.25, -0.2) is 4.98 Å². The van der Waals surface area contributed by atoms with Gasteiger partial charge in [-0.2, -0.15) is 0 Å². The average molecular weight is 439 g/mol. The van der Waals surface area contributed by atoms with Crippen molar-refractivity contribution in [3.63, 3.8) is 0 Å². The number of nitrogens with zero attached hydrogens (tertiary/aromatic N) is 1. The molecule has 0 unspecified atom stereocenters. The molecule has 1 atom stereocenters. The van der Waals surface area contributed by atoms with Gasteiger partial charge in [0.25, 0.3) is 5.91 Å². The third-order valence-corrected chi connectivity index (χ3v) is 5.85. The molecule has 0 saturated carbocycles. The minimum atomic E-state index is -1.02. The van der Waals surface area contributed by atoms with Gasteiger partial charge in [-0.3, -0.25) is 14.4 Å². The molecule has 3 rings (SSSR count). The Labute approximate surface area is 183 Å². The molecule has 3 aromatic rings. The second-order valence-corrected chi connectivity index (χ2v) is 8.09. The fraction of sp³-hybridized carbons (Fsp3) is 0.217. The SMILES string of the molecule is COc1ccc(C(=O)N[C@@H](CC(=O)O)c2ccc(C)cc2)nc1-c1ccc(C(C)=O)s1.